The third-order valence-corrected chi connectivity index (χ3v) is 2.44. The van der Waals surface area contributed by atoms with E-state index in [0.29, 0.717) is 12.2 Å². The molecule has 0 aliphatic heterocycles. The molecule has 0 aliphatic rings. The Morgan fingerprint density at radius 3 is 2.43 bits per heavy atom. The van der Waals surface area contributed by atoms with Gasteiger partial charge in [0.25, 0.3) is 5.12 Å². The van der Waals surface area contributed by atoms with Crippen LogP contribution in [0.2, 0.25) is 0 Å². The Balaban J connectivity index is 3.69. The Hall–Kier alpha value is -0.880. The Morgan fingerprint density at radius 2 is 2.00 bits per heavy atom. The highest BCUT2D eigenvalue weighted by Gasteiger charge is 2.15. The number of rotatable bonds is 5. The summed E-state index contributed by atoms with van der Waals surface area (Å²) in [5.74, 6) is -0.670. The number of methoxy groups -OCH3 is 1. The molecule has 0 aromatic rings. The first-order chi connectivity index (χ1) is 6.49. The minimum Gasteiger partial charge on any atom is -0.468 e. The van der Waals surface area contributed by atoms with Crippen molar-refractivity contribution in [2.45, 2.75) is 19.4 Å². The fraction of sp³-hybridized carbons (Fsp3) is 0.625. The number of thioether (sulfide) groups is 1. The van der Waals surface area contributed by atoms with Crippen molar-refractivity contribution >= 4 is 28.6 Å². The lowest BCUT2D eigenvalue weighted by Crippen LogP contribution is -2.32. The summed E-state index contributed by atoms with van der Waals surface area (Å²) >= 11 is 0.865. The molecule has 0 rings (SSSR count). The summed E-state index contributed by atoms with van der Waals surface area (Å²) in [4.78, 5) is 32.1. The molecule has 1 atom stereocenters. The van der Waals surface area contributed by atoms with Crippen molar-refractivity contribution in [2.75, 3.05) is 12.9 Å². The van der Waals surface area contributed by atoms with Crippen LogP contribution in [-0.2, 0) is 19.1 Å². The summed E-state index contributed by atoms with van der Waals surface area (Å²) in [5.41, 5.74) is 5.41. The molecule has 0 aromatic heterocycles. The zero-order valence-electron chi connectivity index (χ0n) is 8.11. The summed E-state index contributed by atoms with van der Waals surface area (Å²) in [5, 5.41) is -0.512. The predicted molar refractivity (Wildman–Crippen MR) is 52.8 cm³/mol. The molecule has 0 aliphatic carbocycles. The fourth-order valence-electron chi connectivity index (χ4n) is 0.649. The first-order valence-electron chi connectivity index (χ1n) is 4.00. The van der Waals surface area contributed by atoms with Gasteiger partial charge in [0.15, 0.2) is 0 Å². The molecule has 5 nitrogen and oxygen atoms in total. The second kappa shape index (κ2) is 6.56. The number of ketones is 1. The van der Waals surface area contributed by atoms with Crippen LogP contribution in [0.15, 0.2) is 0 Å². The number of Topliss-reactive ketones (excluding diaryl/α,β-unsaturated/α-hetero) is 1. The number of esters is 1. The van der Waals surface area contributed by atoms with Crippen LogP contribution in [0.3, 0.4) is 0 Å². The zero-order chi connectivity index (χ0) is 11.1. The third kappa shape index (κ3) is 4.98. The quantitative estimate of drug-likeness (QED) is 0.506. The monoisotopic (exact) mass is 219 g/mol. The Bertz CT molecular complexity index is 241. The molecule has 0 bridgehead atoms. The van der Waals surface area contributed by atoms with Gasteiger partial charge in [-0.1, -0.05) is 11.8 Å². The number of ether oxygens (including phenoxy) is 1. The topological polar surface area (TPSA) is 86.5 Å². The maximum absolute atomic E-state index is 10.8. The molecule has 2 N–H and O–H groups in total. The van der Waals surface area contributed by atoms with Crippen LogP contribution >= 0.6 is 11.8 Å². The lowest BCUT2D eigenvalue weighted by molar-refractivity contribution is -0.142. The molecule has 0 saturated heterocycles. The molecule has 0 radical (unpaired) electrons. The largest absolute Gasteiger partial charge is 0.468 e. The predicted octanol–water partition coefficient (Wildman–Crippen LogP) is -0.274. The second-order valence-electron chi connectivity index (χ2n) is 2.61. The molecule has 0 saturated carbocycles. The molecule has 80 valence electrons. The minimum absolute atomic E-state index is 0.316. The first-order valence-corrected chi connectivity index (χ1v) is 4.98. The van der Waals surface area contributed by atoms with Gasteiger partial charge < -0.3 is 10.5 Å². The summed E-state index contributed by atoms with van der Waals surface area (Å²) in [6.45, 7) is 1.20. The maximum atomic E-state index is 10.8. The van der Waals surface area contributed by atoms with Gasteiger partial charge in [0.05, 0.1) is 7.11 Å². The van der Waals surface area contributed by atoms with E-state index in [1.54, 1.807) is 0 Å². The number of nitrogens with two attached hydrogens (primary N) is 1. The van der Waals surface area contributed by atoms with Crippen LogP contribution in [0.1, 0.15) is 13.3 Å². The number of carbonyl (C=O) groups excluding carboxylic acids is 3. The molecular formula is C8H13NO4S. The number of hydrogen-bond acceptors (Lipinski definition) is 6. The highest BCUT2D eigenvalue weighted by Crippen LogP contribution is 2.06. The van der Waals surface area contributed by atoms with E-state index in [2.05, 4.69) is 4.74 Å². The molecule has 0 heterocycles. The zero-order valence-corrected chi connectivity index (χ0v) is 8.93. The van der Waals surface area contributed by atoms with E-state index >= 15 is 0 Å². The summed E-state index contributed by atoms with van der Waals surface area (Å²) in [6.07, 6.45) is 0.316. The Labute approximate surface area is 86.4 Å². The van der Waals surface area contributed by atoms with Crippen molar-refractivity contribution in [1.82, 2.24) is 0 Å². The highest BCUT2D eigenvalue weighted by molar-refractivity contribution is 8.15. The lowest BCUT2D eigenvalue weighted by atomic mass is 10.2. The van der Waals surface area contributed by atoms with Gasteiger partial charge in [-0.2, -0.15) is 0 Å². The van der Waals surface area contributed by atoms with Gasteiger partial charge in [0.1, 0.15) is 6.04 Å². The smallest absolute Gasteiger partial charge is 0.322 e. The van der Waals surface area contributed by atoms with E-state index in [4.69, 9.17) is 5.73 Å². The van der Waals surface area contributed by atoms with Gasteiger partial charge in [-0.25, -0.2) is 0 Å². The SMILES string of the molecule is COC(=O)C(N)CCSC(=O)C(C)=O. The fourth-order valence-corrected chi connectivity index (χ4v) is 1.41. The van der Waals surface area contributed by atoms with Gasteiger partial charge in [0.2, 0.25) is 5.78 Å². The van der Waals surface area contributed by atoms with Crippen molar-refractivity contribution in [3.8, 4) is 0 Å². The van der Waals surface area contributed by atoms with E-state index in [1.165, 1.54) is 14.0 Å². The lowest BCUT2D eigenvalue weighted by Gasteiger charge is -2.07. The van der Waals surface area contributed by atoms with Gasteiger partial charge in [-0.3, -0.25) is 14.4 Å². The molecular weight excluding hydrogens is 206 g/mol. The maximum Gasteiger partial charge on any atom is 0.322 e. The number of carbonyl (C=O) groups is 3. The minimum atomic E-state index is -0.729. The van der Waals surface area contributed by atoms with Crippen LogP contribution in [-0.4, -0.2) is 35.8 Å². The van der Waals surface area contributed by atoms with Gasteiger partial charge in [-0.15, -0.1) is 0 Å². The molecule has 0 amide bonds. The first kappa shape index (κ1) is 13.1. The highest BCUT2D eigenvalue weighted by atomic mass is 32.2. The van der Waals surface area contributed by atoms with Crippen LogP contribution in [0.25, 0.3) is 0 Å². The van der Waals surface area contributed by atoms with E-state index in [1.807, 2.05) is 0 Å². The summed E-state index contributed by atoms with van der Waals surface area (Å²) in [7, 11) is 1.25. The van der Waals surface area contributed by atoms with Crippen LogP contribution in [0.5, 0.6) is 0 Å². The second-order valence-corrected chi connectivity index (χ2v) is 3.68. The van der Waals surface area contributed by atoms with Gasteiger partial charge in [-0.05, 0) is 6.42 Å². The van der Waals surface area contributed by atoms with Crippen LogP contribution < -0.4 is 5.73 Å². The van der Waals surface area contributed by atoms with Crippen molar-refractivity contribution in [3.05, 3.63) is 0 Å². The average molecular weight is 219 g/mol. The van der Waals surface area contributed by atoms with E-state index < -0.39 is 22.9 Å². The van der Waals surface area contributed by atoms with Gasteiger partial charge >= 0.3 is 5.97 Å². The van der Waals surface area contributed by atoms with Crippen LogP contribution in [0.4, 0.5) is 0 Å². The third-order valence-electron chi connectivity index (χ3n) is 1.45. The molecule has 0 fully saturated rings. The van der Waals surface area contributed by atoms with E-state index in [9.17, 15) is 14.4 Å². The molecule has 6 heteroatoms. The van der Waals surface area contributed by atoms with Crippen molar-refractivity contribution in [1.29, 1.82) is 0 Å². The van der Waals surface area contributed by atoms with Crippen molar-refractivity contribution < 1.29 is 19.1 Å². The molecule has 0 spiro atoms. The van der Waals surface area contributed by atoms with E-state index in [0.717, 1.165) is 11.8 Å². The molecule has 1 unspecified atom stereocenters. The van der Waals surface area contributed by atoms with Crippen molar-refractivity contribution in [2.24, 2.45) is 5.73 Å². The van der Waals surface area contributed by atoms with Crippen molar-refractivity contribution in [3.63, 3.8) is 0 Å². The Morgan fingerprint density at radius 1 is 1.43 bits per heavy atom. The standard InChI is InChI=1S/C8H13NO4S/c1-5(10)8(12)14-4-3-6(9)7(11)13-2/h6H,3-4,9H2,1-2H3. The van der Waals surface area contributed by atoms with Crippen LogP contribution in [0, 0.1) is 0 Å². The summed E-state index contributed by atoms with van der Waals surface area (Å²) < 4.78 is 4.39. The number of hydrogen-bond donors (Lipinski definition) is 1. The Kier molecular flexibility index (Phi) is 6.14. The normalized spacial score (nSPS) is 11.9. The average Bonchev–Trinajstić information content (AvgIpc) is 2.15. The molecule has 14 heavy (non-hydrogen) atoms. The van der Waals surface area contributed by atoms with Gasteiger partial charge in [0, 0.05) is 12.7 Å². The molecule has 0 aromatic carbocycles. The summed E-state index contributed by atoms with van der Waals surface area (Å²) in [6, 6.07) is -0.729. The van der Waals surface area contributed by atoms with E-state index in [-0.39, 0.29) is 0 Å².